The van der Waals surface area contributed by atoms with Crippen molar-refractivity contribution in [2.45, 2.75) is 33.6 Å². The predicted molar refractivity (Wildman–Crippen MR) is 57.8 cm³/mol. The third-order valence-electron chi connectivity index (χ3n) is 3.16. The normalized spacial score (nSPS) is 15.0. The summed E-state index contributed by atoms with van der Waals surface area (Å²) in [6.07, 6.45) is 2.38. The molecule has 0 unspecified atom stereocenters. The molecule has 13 heavy (non-hydrogen) atoms. The maximum atomic E-state index is 2.25. The van der Waals surface area contributed by atoms with Crippen molar-refractivity contribution in [1.29, 1.82) is 0 Å². The summed E-state index contributed by atoms with van der Waals surface area (Å²) < 4.78 is 0. The molecule has 0 N–H and O–H groups in total. The largest absolute Gasteiger partial charge is 0.0625 e. The first-order valence-electron chi connectivity index (χ1n) is 5.01. The van der Waals surface area contributed by atoms with Gasteiger partial charge in [-0.05, 0) is 49.0 Å². The lowest BCUT2D eigenvalue weighted by atomic mass is 10.0. The number of hydrogen-bond acceptors (Lipinski definition) is 0. The maximum absolute atomic E-state index is 2.25. The van der Waals surface area contributed by atoms with Gasteiger partial charge >= 0.3 is 0 Å². The molecule has 0 heterocycles. The molecule has 0 aliphatic heterocycles. The van der Waals surface area contributed by atoms with Crippen molar-refractivity contribution in [3.8, 4) is 0 Å². The molecule has 0 amide bonds. The van der Waals surface area contributed by atoms with Crippen LogP contribution in [0.4, 0.5) is 0 Å². The lowest BCUT2D eigenvalue weighted by molar-refractivity contribution is 1.03. The van der Waals surface area contributed by atoms with Gasteiger partial charge in [-0.25, -0.2) is 0 Å². The van der Waals surface area contributed by atoms with E-state index in [0.717, 1.165) is 0 Å². The Balaban J connectivity index is 2.55. The van der Waals surface area contributed by atoms with Crippen LogP contribution in [0.5, 0.6) is 0 Å². The van der Waals surface area contributed by atoms with Crippen molar-refractivity contribution in [1.82, 2.24) is 0 Å². The molecule has 0 spiro atoms. The lowest BCUT2D eigenvalue weighted by Gasteiger charge is -2.03. The van der Waals surface area contributed by atoms with E-state index in [1.807, 2.05) is 0 Å². The van der Waals surface area contributed by atoms with Crippen LogP contribution in [0.15, 0.2) is 23.8 Å². The molecule has 0 atom stereocenters. The lowest BCUT2D eigenvalue weighted by Crippen LogP contribution is -1.87. The molecule has 0 radical (unpaired) electrons. The van der Waals surface area contributed by atoms with Gasteiger partial charge in [0.05, 0.1) is 0 Å². The van der Waals surface area contributed by atoms with Gasteiger partial charge in [0.1, 0.15) is 0 Å². The van der Waals surface area contributed by atoms with Crippen LogP contribution < -0.4 is 0 Å². The molecule has 0 heteroatoms. The van der Waals surface area contributed by atoms with Gasteiger partial charge in [0.2, 0.25) is 0 Å². The van der Waals surface area contributed by atoms with Crippen LogP contribution in [0, 0.1) is 6.92 Å². The summed E-state index contributed by atoms with van der Waals surface area (Å²) in [5.74, 6) is 0. The molecule has 68 valence electrons. The number of allylic oxidation sites excluding steroid dienone is 2. The molecule has 0 nitrogen and oxygen atoms in total. The quantitative estimate of drug-likeness (QED) is 0.605. The summed E-state index contributed by atoms with van der Waals surface area (Å²) in [6, 6.07) is 6.63. The Hall–Kier alpha value is -1.04. The van der Waals surface area contributed by atoms with Crippen molar-refractivity contribution in [2.75, 3.05) is 0 Å². The highest BCUT2D eigenvalue weighted by molar-refractivity contribution is 5.75. The van der Waals surface area contributed by atoms with Gasteiger partial charge in [-0.1, -0.05) is 30.7 Å². The summed E-state index contributed by atoms with van der Waals surface area (Å²) >= 11 is 0. The van der Waals surface area contributed by atoms with Crippen LogP contribution in [0.25, 0.3) is 5.57 Å². The van der Waals surface area contributed by atoms with Gasteiger partial charge in [0, 0.05) is 0 Å². The van der Waals surface area contributed by atoms with E-state index < -0.39 is 0 Å². The zero-order chi connectivity index (χ0) is 9.42. The van der Waals surface area contributed by atoms with E-state index in [9.17, 15) is 0 Å². The van der Waals surface area contributed by atoms with Gasteiger partial charge in [-0.3, -0.25) is 0 Å². The van der Waals surface area contributed by atoms with Gasteiger partial charge in [0.15, 0.2) is 0 Å². The van der Waals surface area contributed by atoms with Crippen LogP contribution >= 0.6 is 0 Å². The summed E-state index contributed by atoms with van der Waals surface area (Å²) in [6.45, 7) is 6.72. The van der Waals surface area contributed by atoms with E-state index in [1.54, 1.807) is 11.1 Å². The number of hydrogen-bond donors (Lipinski definition) is 0. The molecule has 1 aliphatic rings. The summed E-state index contributed by atoms with van der Waals surface area (Å²) in [5, 5.41) is 0. The molecule has 2 rings (SSSR count). The zero-order valence-corrected chi connectivity index (χ0v) is 8.65. The molecule has 1 aliphatic carbocycles. The smallest absolute Gasteiger partial charge is 0.00526 e. The molecule has 0 saturated carbocycles. The predicted octanol–water partition coefficient (Wildman–Crippen LogP) is 3.73. The van der Waals surface area contributed by atoms with Crippen molar-refractivity contribution >= 4 is 5.57 Å². The Morgan fingerprint density at radius 1 is 1.23 bits per heavy atom. The third kappa shape index (κ3) is 1.21. The molecule has 0 fully saturated rings. The molecule has 1 aromatic carbocycles. The second-order valence-electron chi connectivity index (χ2n) is 3.86. The molecule has 0 aromatic heterocycles. The first-order chi connectivity index (χ1) is 6.24. The summed E-state index contributed by atoms with van der Waals surface area (Å²) in [5.41, 5.74) is 7.61. The van der Waals surface area contributed by atoms with Gasteiger partial charge in [-0.2, -0.15) is 0 Å². The molecular weight excluding hydrogens is 156 g/mol. The standard InChI is InChI=1S/C13H16/c1-4-11-8-13-9(2)6-5-7-12(13)10(11)3/h5-7H,4,8H2,1-3H3. The molecular formula is C13H16. The fraction of sp³-hybridized carbons (Fsp3) is 0.385. The number of rotatable bonds is 1. The van der Waals surface area contributed by atoms with E-state index in [0.29, 0.717) is 0 Å². The van der Waals surface area contributed by atoms with Gasteiger partial charge in [0.25, 0.3) is 0 Å². The van der Waals surface area contributed by atoms with Crippen LogP contribution in [-0.2, 0) is 6.42 Å². The Morgan fingerprint density at radius 2 is 2.00 bits per heavy atom. The molecule has 0 bridgehead atoms. The van der Waals surface area contributed by atoms with Crippen molar-refractivity contribution in [3.05, 3.63) is 40.5 Å². The van der Waals surface area contributed by atoms with Crippen LogP contribution in [0.2, 0.25) is 0 Å². The monoisotopic (exact) mass is 172 g/mol. The maximum Gasteiger partial charge on any atom is -0.00526 e. The highest BCUT2D eigenvalue weighted by Gasteiger charge is 2.17. The minimum Gasteiger partial charge on any atom is -0.0625 e. The molecule has 0 saturated heterocycles. The Kier molecular flexibility index (Phi) is 1.99. The highest BCUT2D eigenvalue weighted by atomic mass is 14.2. The van der Waals surface area contributed by atoms with Crippen molar-refractivity contribution in [3.63, 3.8) is 0 Å². The fourth-order valence-electron chi connectivity index (χ4n) is 2.21. The Morgan fingerprint density at radius 3 is 2.62 bits per heavy atom. The first kappa shape index (κ1) is 8.55. The van der Waals surface area contributed by atoms with Crippen LogP contribution in [0.3, 0.4) is 0 Å². The van der Waals surface area contributed by atoms with E-state index in [4.69, 9.17) is 0 Å². The third-order valence-corrected chi connectivity index (χ3v) is 3.16. The van der Waals surface area contributed by atoms with Gasteiger partial charge < -0.3 is 0 Å². The molecule has 1 aromatic rings. The summed E-state index contributed by atoms with van der Waals surface area (Å²) in [7, 11) is 0. The topological polar surface area (TPSA) is 0 Å². The number of fused-ring (bicyclic) bond motifs is 1. The van der Waals surface area contributed by atoms with Crippen LogP contribution in [-0.4, -0.2) is 0 Å². The average Bonchev–Trinajstić information content (AvgIpc) is 2.45. The minimum absolute atomic E-state index is 1.18. The van der Waals surface area contributed by atoms with Gasteiger partial charge in [-0.15, -0.1) is 0 Å². The van der Waals surface area contributed by atoms with Crippen molar-refractivity contribution < 1.29 is 0 Å². The number of aryl methyl sites for hydroxylation is 1. The average molecular weight is 172 g/mol. The fourth-order valence-corrected chi connectivity index (χ4v) is 2.21. The van der Waals surface area contributed by atoms with Crippen LogP contribution in [0.1, 0.15) is 37.0 Å². The van der Waals surface area contributed by atoms with Crippen molar-refractivity contribution in [2.24, 2.45) is 0 Å². The zero-order valence-electron chi connectivity index (χ0n) is 8.65. The van der Waals surface area contributed by atoms with E-state index in [2.05, 4.69) is 39.0 Å². The second kappa shape index (κ2) is 3.02. The summed E-state index contributed by atoms with van der Waals surface area (Å²) in [4.78, 5) is 0. The Bertz CT molecular complexity index is 370. The van der Waals surface area contributed by atoms with E-state index in [1.165, 1.54) is 29.5 Å². The van der Waals surface area contributed by atoms with E-state index >= 15 is 0 Å². The van der Waals surface area contributed by atoms with E-state index in [-0.39, 0.29) is 0 Å². The Labute approximate surface area is 80.3 Å². The number of benzene rings is 1. The second-order valence-corrected chi connectivity index (χ2v) is 3.86. The minimum atomic E-state index is 1.18. The first-order valence-corrected chi connectivity index (χ1v) is 5.01. The highest BCUT2D eigenvalue weighted by Crippen LogP contribution is 2.35. The SMILES string of the molecule is CCC1=C(C)c2cccc(C)c2C1.